The summed E-state index contributed by atoms with van der Waals surface area (Å²) in [5, 5.41) is 0. The van der Waals surface area contributed by atoms with Crippen LogP contribution in [0.2, 0.25) is 0 Å². The van der Waals surface area contributed by atoms with Crippen LogP contribution < -0.4 is 15.2 Å². The van der Waals surface area contributed by atoms with Gasteiger partial charge in [0, 0.05) is 17.5 Å². The van der Waals surface area contributed by atoms with Crippen LogP contribution in [-0.2, 0) is 5.41 Å². The fourth-order valence-electron chi connectivity index (χ4n) is 4.39. The number of likely N-dealkylation sites (tertiary alicyclic amines) is 1. The summed E-state index contributed by atoms with van der Waals surface area (Å²) in [7, 11) is 5.13. The normalized spacial score (nSPS) is 31.9. The second-order valence-corrected chi connectivity index (χ2v) is 6.60. The zero-order valence-electron chi connectivity index (χ0n) is 13.6. The van der Waals surface area contributed by atoms with Crippen molar-refractivity contribution in [2.45, 2.75) is 43.2 Å². The molecule has 0 aromatic heterocycles. The minimum Gasteiger partial charge on any atom is -0.493 e. The minimum absolute atomic E-state index is 0.158. The maximum atomic E-state index is 15.1. The van der Waals surface area contributed by atoms with Crippen molar-refractivity contribution in [1.82, 2.24) is 4.90 Å². The number of benzene rings is 1. The number of nitrogens with zero attached hydrogens (tertiary/aromatic N) is 1. The van der Waals surface area contributed by atoms with Crippen molar-refractivity contribution >= 4 is 0 Å². The molecule has 1 aromatic carbocycles. The van der Waals surface area contributed by atoms with Crippen LogP contribution in [0.4, 0.5) is 4.39 Å². The number of nitrogens with two attached hydrogens (primary N) is 1. The van der Waals surface area contributed by atoms with E-state index < -0.39 is 0 Å². The number of ether oxygens (including phenoxy) is 2. The molecule has 1 heterocycles. The Morgan fingerprint density at radius 3 is 2.73 bits per heavy atom. The van der Waals surface area contributed by atoms with E-state index in [0.29, 0.717) is 11.8 Å². The van der Waals surface area contributed by atoms with E-state index in [0.717, 1.165) is 37.8 Å². The zero-order valence-corrected chi connectivity index (χ0v) is 13.6. The van der Waals surface area contributed by atoms with Gasteiger partial charge in [-0.15, -0.1) is 0 Å². The lowest BCUT2D eigenvalue weighted by molar-refractivity contribution is 0.163. The molecule has 0 radical (unpaired) electrons. The van der Waals surface area contributed by atoms with Crippen molar-refractivity contribution in [3.8, 4) is 11.5 Å². The summed E-state index contributed by atoms with van der Waals surface area (Å²) in [5.41, 5.74) is 6.76. The maximum absolute atomic E-state index is 15.1. The standard InChI is InChI=1S/C17H25FN2O2/c1-20-9-8-17(7-6-11(19)10-14(17)20)12-4-5-13(21-2)16(22-3)15(12)18/h4-5,11,14H,6-10,19H2,1-3H3/t11-,14+,17+/m1/s1. The van der Waals surface area contributed by atoms with Crippen LogP contribution >= 0.6 is 0 Å². The van der Waals surface area contributed by atoms with Gasteiger partial charge in [-0.3, -0.25) is 0 Å². The molecule has 1 aliphatic heterocycles. The SMILES string of the molecule is COc1ccc([C@@]23CC[C@@H](N)C[C@@H]2N(C)CC3)c(F)c1OC. The van der Waals surface area contributed by atoms with E-state index in [1.54, 1.807) is 0 Å². The number of rotatable bonds is 3. The Bertz CT molecular complexity index is 566. The summed E-state index contributed by atoms with van der Waals surface area (Å²) in [6.07, 6.45) is 3.76. The van der Waals surface area contributed by atoms with E-state index in [9.17, 15) is 0 Å². The van der Waals surface area contributed by atoms with Gasteiger partial charge in [0.05, 0.1) is 14.2 Å². The summed E-state index contributed by atoms with van der Waals surface area (Å²) >= 11 is 0. The van der Waals surface area contributed by atoms with Crippen LogP contribution in [0.5, 0.6) is 11.5 Å². The first-order valence-corrected chi connectivity index (χ1v) is 7.90. The first-order valence-electron chi connectivity index (χ1n) is 7.90. The molecule has 1 saturated carbocycles. The van der Waals surface area contributed by atoms with Crippen molar-refractivity contribution in [1.29, 1.82) is 0 Å². The first kappa shape index (κ1) is 15.6. The van der Waals surface area contributed by atoms with Gasteiger partial charge in [0.1, 0.15) is 0 Å². The van der Waals surface area contributed by atoms with Crippen molar-refractivity contribution in [2.24, 2.45) is 5.73 Å². The number of likely N-dealkylation sites (N-methyl/N-ethyl adjacent to an activating group) is 1. The van der Waals surface area contributed by atoms with E-state index in [-0.39, 0.29) is 23.0 Å². The Hall–Kier alpha value is -1.33. The van der Waals surface area contributed by atoms with E-state index in [1.165, 1.54) is 14.2 Å². The van der Waals surface area contributed by atoms with E-state index >= 15 is 4.39 Å². The van der Waals surface area contributed by atoms with Gasteiger partial charge in [-0.25, -0.2) is 4.39 Å². The first-order chi connectivity index (χ1) is 10.5. The van der Waals surface area contributed by atoms with Crippen LogP contribution in [0.1, 0.15) is 31.2 Å². The van der Waals surface area contributed by atoms with Crippen molar-refractivity contribution in [2.75, 3.05) is 27.8 Å². The van der Waals surface area contributed by atoms with Gasteiger partial charge >= 0.3 is 0 Å². The summed E-state index contributed by atoms with van der Waals surface area (Å²) in [5.74, 6) is 0.366. The molecule has 3 atom stereocenters. The highest BCUT2D eigenvalue weighted by Gasteiger charge is 2.51. The number of halogens is 1. The fraction of sp³-hybridized carbons (Fsp3) is 0.647. The molecular formula is C17H25FN2O2. The Labute approximate surface area is 131 Å². The van der Waals surface area contributed by atoms with E-state index in [1.807, 2.05) is 12.1 Å². The highest BCUT2D eigenvalue weighted by molar-refractivity contribution is 5.48. The van der Waals surface area contributed by atoms with Crippen LogP contribution in [0, 0.1) is 5.82 Å². The number of hydrogen-bond donors (Lipinski definition) is 1. The van der Waals surface area contributed by atoms with Gasteiger partial charge in [-0.1, -0.05) is 6.07 Å². The third-order valence-electron chi connectivity index (χ3n) is 5.59. The highest BCUT2D eigenvalue weighted by atomic mass is 19.1. The molecule has 1 saturated heterocycles. The van der Waals surface area contributed by atoms with Gasteiger partial charge in [-0.2, -0.15) is 0 Å². The van der Waals surface area contributed by atoms with Crippen LogP contribution in [0.3, 0.4) is 0 Å². The maximum Gasteiger partial charge on any atom is 0.197 e. The van der Waals surface area contributed by atoms with Gasteiger partial charge in [0.15, 0.2) is 17.3 Å². The Morgan fingerprint density at radius 1 is 1.27 bits per heavy atom. The summed E-state index contributed by atoms with van der Waals surface area (Å²) in [4.78, 5) is 2.33. The Kier molecular flexibility index (Phi) is 4.03. The average Bonchev–Trinajstić information content (AvgIpc) is 2.85. The van der Waals surface area contributed by atoms with Crippen molar-refractivity contribution in [3.63, 3.8) is 0 Å². The zero-order chi connectivity index (χ0) is 15.9. The molecule has 0 spiro atoms. The summed E-state index contributed by atoms with van der Waals surface area (Å²) < 4.78 is 25.6. The third kappa shape index (κ3) is 2.18. The van der Waals surface area contributed by atoms with Crippen LogP contribution in [-0.4, -0.2) is 44.8 Å². The number of methoxy groups -OCH3 is 2. The fourth-order valence-corrected chi connectivity index (χ4v) is 4.39. The monoisotopic (exact) mass is 308 g/mol. The Balaban J connectivity index is 2.09. The predicted octanol–water partition coefficient (Wildman–Crippen LogP) is 2.30. The second kappa shape index (κ2) is 5.70. The molecule has 0 bridgehead atoms. The molecule has 1 aromatic rings. The molecule has 122 valence electrons. The van der Waals surface area contributed by atoms with Crippen LogP contribution in [0.25, 0.3) is 0 Å². The third-order valence-corrected chi connectivity index (χ3v) is 5.59. The smallest absolute Gasteiger partial charge is 0.197 e. The number of hydrogen-bond acceptors (Lipinski definition) is 4. The molecule has 2 N–H and O–H groups in total. The Morgan fingerprint density at radius 2 is 2.05 bits per heavy atom. The topological polar surface area (TPSA) is 47.7 Å². The molecule has 0 amide bonds. The molecule has 2 fully saturated rings. The molecule has 0 unspecified atom stereocenters. The summed E-state index contributed by atoms with van der Waals surface area (Å²) in [6.45, 7) is 0.977. The quantitative estimate of drug-likeness (QED) is 0.931. The summed E-state index contributed by atoms with van der Waals surface area (Å²) in [6, 6.07) is 4.20. The van der Waals surface area contributed by atoms with Gasteiger partial charge in [0.25, 0.3) is 0 Å². The van der Waals surface area contributed by atoms with Crippen LogP contribution in [0.15, 0.2) is 12.1 Å². The number of fused-ring (bicyclic) bond motifs is 1. The van der Waals surface area contributed by atoms with Gasteiger partial charge < -0.3 is 20.1 Å². The highest BCUT2D eigenvalue weighted by Crippen LogP contribution is 2.50. The lowest BCUT2D eigenvalue weighted by Crippen LogP contribution is -2.49. The second-order valence-electron chi connectivity index (χ2n) is 6.60. The average molecular weight is 308 g/mol. The predicted molar refractivity (Wildman–Crippen MR) is 84.0 cm³/mol. The lowest BCUT2D eigenvalue weighted by atomic mass is 9.65. The van der Waals surface area contributed by atoms with Crippen molar-refractivity contribution < 1.29 is 13.9 Å². The van der Waals surface area contributed by atoms with Gasteiger partial charge in [-0.05, 0) is 50.9 Å². The van der Waals surface area contributed by atoms with Crippen molar-refractivity contribution in [3.05, 3.63) is 23.5 Å². The van der Waals surface area contributed by atoms with E-state index in [2.05, 4.69) is 11.9 Å². The molecule has 1 aliphatic carbocycles. The molecule has 5 heteroatoms. The molecule has 3 rings (SSSR count). The van der Waals surface area contributed by atoms with Gasteiger partial charge in [0.2, 0.25) is 0 Å². The van der Waals surface area contributed by atoms with E-state index in [4.69, 9.17) is 15.2 Å². The molecule has 4 nitrogen and oxygen atoms in total. The largest absolute Gasteiger partial charge is 0.493 e. The molecular weight excluding hydrogens is 283 g/mol. The molecule has 2 aliphatic rings. The molecule has 22 heavy (non-hydrogen) atoms. The lowest BCUT2D eigenvalue weighted by Gasteiger charge is -2.44. The minimum atomic E-state index is -0.280.